The van der Waals surface area contributed by atoms with Gasteiger partial charge in [0.05, 0.1) is 17.4 Å². The van der Waals surface area contributed by atoms with E-state index in [0.717, 1.165) is 30.8 Å². The number of nitrogens with zero attached hydrogens (tertiary/aromatic N) is 1. The van der Waals surface area contributed by atoms with Crippen LogP contribution in [-0.4, -0.2) is 17.4 Å². The maximum absolute atomic E-state index is 12.4. The van der Waals surface area contributed by atoms with Crippen molar-refractivity contribution in [3.8, 4) is 0 Å². The average molecular weight is 283 g/mol. The Morgan fingerprint density at radius 3 is 2.86 bits per heavy atom. The van der Waals surface area contributed by atoms with Crippen LogP contribution in [-0.2, 0) is 6.42 Å². The molecule has 4 heteroatoms. The number of amides is 1. The lowest BCUT2D eigenvalue weighted by Crippen LogP contribution is -2.15. The zero-order valence-corrected chi connectivity index (χ0v) is 12.5. The van der Waals surface area contributed by atoms with E-state index in [-0.39, 0.29) is 5.91 Å². The van der Waals surface area contributed by atoms with Crippen molar-refractivity contribution in [2.45, 2.75) is 26.7 Å². The largest absolute Gasteiger partial charge is 0.383 e. The summed E-state index contributed by atoms with van der Waals surface area (Å²) in [7, 11) is 0. The lowest BCUT2D eigenvalue weighted by atomic mass is 10.1. The number of aromatic nitrogens is 1. The van der Waals surface area contributed by atoms with Gasteiger partial charge in [0, 0.05) is 18.4 Å². The first kappa shape index (κ1) is 15.0. The molecule has 0 bridgehead atoms. The average Bonchev–Trinajstić information content (AvgIpc) is 2.53. The summed E-state index contributed by atoms with van der Waals surface area (Å²) < 4.78 is 0. The molecule has 110 valence electrons. The van der Waals surface area contributed by atoms with E-state index in [4.69, 9.17) is 0 Å². The van der Waals surface area contributed by atoms with Crippen LogP contribution in [0.5, 0.6) is 0 Å². The van der Waals surface area contributed by atoms with Crippen LogP contribution in [0.4, 0.5) is 11.4 Å². The zero-order valence-electron chi connectivity index (χ0n) is 12.5. The molecule has 4 nitrogen and oxygen atoms in total. The minimum absolute atomic E-state index is 0.121. The van der Waals surface area contributed by atoms with Crippen molar-refractivity contribution in [3.63, 3.8) is 0 Å². The van der Waals surface area contributed by atoms with E-state index < -0.39 is 0 Å². The van der Waals surface area contributed by atoms with Crippen molar-refractivity contribution < 1.29 is 4.79 Å². The Labute approximate surface area is 125 Å². The summed E-state index contributed by atoms with van der Waals surface area (Å²) >= 11 is 0. The molecule has 2 N–H and O–H groups in total. The highest BCUT2D eigenvalue weighted by Crippen LogP contribution is 2.17. The van der Waals surface area contributed by atoms with Crippen LogP contribution < -0.4 is 10.6 Å². The van der Waals surface area contributed by atoms with Gasteiger partial charge in [-0.2, -0.15) is 0 Å². The molecule has 1 aromatic heterocycles. The fourth-order valence-electron chi connectivity index (χ4n) is 2.06. The first-order valence-corrected chi connectivity index (χ1v) is 7.32. The van der Waals surface area contributed by atoms with Gasteiger partial charge in [-0.1, -0.05) is 26.0 Å². The van der Waals surface area contributed by atoms with E-state index in [1.807, 2.05) is 18.2 Å². The smallest absolute Gasteiger partial charge is 0.257 e. The topological polar surface area (TPSA) is 54.0 Å². The minimum Gasteiger partial charge on any atom is -0.383 e. The van der Waals surface area contributed by atoms with Crippen LogP contribution in [0.2, 0.25) is 0 Å². The van der Waals surface area contributed by atoms with Gasteiger partial charge < -0.3 is 10.6 Å². The maximum Gasteiger partial charge on any atom is 0.257 e. The molecule has 1 amide bonds. The summed E-state index contributed by atoms with van der Waals surface area (Å²) in [6.07, 6.45) is 5.26. The van der Waals surface area contributed by atoms with Crippen LogP contribution in [0, 0.1) is 0 Å². The number of aryl methyl sites for hydroxylation is 1. The van der Waals surface area contributed by atoms with Crippen molar-refractivity contribution in [1.29, 1.82) is 0 Å². The number of nitrogens with one attached hydrogen (secondary N) is 2. The fraction of sp³-hybridized carbons (Fsp3) is 0.294. The Bertz CT molecular complexity index is 610. The minimum atomic E-state index is -0.121. The van der Waals surface area contributed by atoms with Crippen LogP contribution in [0.1, 0.15) is 36.2 Å². The molecule has 0 saturated carbocycles. The standard InChI is InChI=1S/C17H21N3O/c1-3-9-19-16-12-18-10-8-15(16)17(21)20-14-7-5-6-13(4-2)11-14/h5-8,10-12,19H,3-4,9H2,1-2H3,(H,20,21). The molecular formula is C17H21N3O. The summed E-state index contributed by atoms with van der Waals surface area (Å²) in [6.45, 7) is 4.99. The van der Waals surface area contributed by atoms with E-state index in [0.29, 0.717) is 5.56 Å². The highest BCUT2D eigenvalue weighted by Gasteiger charge is 2.11. The van der Waals surface area contributed by atoms with Gasteiger partial charge in [-0.25, -0.2) is 0 Å². The van der Waals surface area contributed by atoms with E-state index in [2.05, 4.69) is 35.5 Å². The lowest BCUT2D eigenvalue weighted by molar-refractivity contribution is 0.102. The molecule has 2 rings (SSSR count). The van der Waals surface area contributed by atoms with Gasteiger partial charge in [0.2, 0.25) is 0 Å². The van der Waals surface area contributed by atoms with E-state index >= 15 is 0 Å². The summed E-state index contributed by atoms with van der Waals surface area (Å²) in [5.41, 5.74) is 3.40. The second-order valence-electron chi connectivity index (χ2n) is 4.86. The number of carbonyl (C=O) groups excluding carboxylic acids is 1. The molecule has 0 atom stereocenters. The predicted octanol–water partition coefficient (Wildman–Crippen LogP) is 3.72. The molecule has 2 aromatic rings. The van der Waals surface area contributed by atoms with E-state index in [1.165, 1.54) is 5.56 Å². The molecule has 0 aliphatic carbocycles. The Hall–Kier alpha value is -2.36. The molecule has 0 aliphatic rings. The van der Waals surface area contributed by atoms with Crippen LogP contribution >= 0.6 is 0 Å². The Balaban J connectivity index is 2.16. The number of pyridine rings is 1. The molecule has 0 fully saturated rings. The number of benzene rings is 1. The zero-order chi connectivity index (χ0) is 15.1. The first-order valence-electron chi connectivity index (χ1n) is 7.32. The second kappa shape index (κ2) is 7.43. The second-order valence-corrected chi connectivity index (χ2v) is 4.86. The summed E-state index contributed by atoms with van der Waals surface area (Å²) in [5.74, 6) is -0.121. The van der Waals surface area contributed by atoms with E-state index in [1.54, 1.807) is 18.5 Å². The monoisotopic (exact) mass is 283 g/mol. The number of rotatable bonds is 6. The first-order chi connectivity index (χ1) is 10.2. The van der Waals surface area contributed by atoms with Crippen molar-refractivity contribution in [1.82, 2.24) is 4.98 Å². The normalized spacial score (nSPS) is 10.2. The maximum atomic E-state index is 12.4. The van der Waals surface area contributed by atoms with Gasteiger partial charge in [0.1, 0.15) is 0 Å². The third-order valence-corrected chi connectivity index (χ3v) is 3.22. The highest BCUT2D eigenvalue weighted by molar-refractivity contribution is 6.07. The van der Waals surface area contributed by atoms with Gasteiger partial charge >= 0.3 is 0 Å². The molecule has 0 aliphatic heterocycles. The van der Waals surface area contributed by atoms with Crippen molar-refractivity contribution in [3.05, 3.63) is 53.9 Å². The number of hydrogen-bond acceptors (Lipinski definition) is 3. The molecule has 0 unspecified atom stereocenters. The molecule has 0 radical (unpaired) electrons. The third kappa shape index (κ3) is 4.05. The van der Waals surface area contributed by atoms with Gasteiger partial charge in [-0.15, -0.1) is 0 Å². The van der Waals surface area contributed by atoms with E-state index in [9.17, 15) is 4.79 Å². The van der Waals surface area contributed by atoms with Gasteiger partial charge in [-0.05, 0) is 36.6 Å². The number of hydrogen-bond donors (Lipinski definition) is 2. The predicted molar refractivity (Wildman–Crippen MR) is 86.8 cm³/mol. The summed E-state index contributed by atoms with van der Waals surface area (Å²) in [5, 5.41) is 6.17. The molecule has 0 saturated heterocycles. The molecule has 0 spiro atoms. The molecule has 21 heavy (non-hydrogen) atoms. The summed E-state index contributed by atoms with van der Waals surface area (Å²) in [6, 6.07) is 9.64. The quantitative estimate of drug-likeness (QED) is 0.849. The van der Waals surface area contributed by atoms with Gasteiger partial charge in [0.25, 0.3) is 5.91 Å². The van der Waals surface area contributed by atoms with Gasteiger partial charge in [0.15, 0.2) is 0 Å². The molecule has 1 aromatic carbocycles. The summed E-state index contributed by atoms with van der Waals surface area (Å²) in [4.78, 5) is 16.5. The Kier molecular flexibility index (Phi) is 5.32. The number of anilines is 2. The third-order valence-electron chi connectivity index (χ3n) is 3.22. The van der Waals surface area contributed by atoms with Crippen LogP contribution in [0.25, 0.3) is 0 Å². The van der Waals surface area contributed by atoms with Crippen molar-refractivity contribution in [2.75, 3.05) is 17.2 Å². The Morgan fingerprint density at radius 1 is 1.24 bits per heavy atom. The van der Waals surface area contributed by atoms with Crippen LogP contribution in [0.15, 0.2) is 42.7 Å². The highest BCUT2D eigenvalue weighted by atomic mass is 16.1. The van der Waals surface area contributed by atoms with Crippen LogP contribution in [0.3, 0.4) is 0 Å². The van der Waals surface area contributed by atoms with Crippen molar-refractivity contribution >= 4 is 17.3 Å². The fourth-order valence-corrected chi connectivity index (χ4v) is 2.06. The molecular weight excluding hydrogens is 262 g/mol. The lowest BCUT2D eigenvalue weighted by Gasteiger charge is -2.11. The van der Waals surface area contributed by atoms with Gasteiger partial charge in [-0.3, -0.25) is 9.78 Å². The Morgan fingerprint density at radius 2 is 2.10 bits per heavy atom. The SMILES string of the molecule is CCCNc1cnccc1C(=O)Nc1cccc(CC)c1. The van der Waals surface area contributed by atoms with Crippen molar-refractivity contribution in [2.24, 2.45) is 0 Å². The molecule has 1 heterocycles. The number of carbonyl (C=O) groups is 1.